The first-order valence-electron chi connectivity index (χ1n) is 8.64. The lowest BCUT2D eigenvalue weighted by Crippen LogP contribution is -2.24. The third kappa shape index (κ3) is 9.38. The molecule has 1 N–H and O–H groups in total. The van der Waals surface area contributed by atoms with Crippen LogP contribution in [0.25, 0.3) is 0 Å². The minimum atomic E-state index is 0.607. The molecule has 0 spiro atoms. The number of likely N-dealkylation sites (tertiary alicyclic amines) is 1. The molecule has 1 aliphatic heterocycles. The summed E-state index contributed by atoms with van der Waals surface area (Å²) < 4.78 is 0. The van der Waals surface area contributed by atoms with Crippen LogP contribution in [-0.4, -0.2) is 49.1 Å². The Morgan fingerprint density at radius 1 is 1.29 bits per heavy atom. The number of thioether (sulfide) groups is 1. The molecule has 1 saturated heterocycles. The van der Waals surface area contributed by atoms with Crippen LogP contribution in [-0.2, 0) is 0 Å². The van der Waals surface area contributed by atoms with E-state index in [1.807, 2.05) is 11.8 Å². The Hall–Kier alpha value is -0.250. The van der Waals surface area contributed by atoms with E-state index in [0.717, 1.165) is 26.1 Å². The maximum absolute atomic E-state index is 3.57. The molecule has 122 valence electrons. The van der Waals surface area contributed by atoms with E-state index < -0.39 is 0 Å². The van der Waals surface area contributed by atoms with Gasteiger partial charge >= 0.3 is 0 Å². The van der Waals surface area contributed by atoms with Crippen LogP contribution < -0.4 is 5.32 Å². The Morgan fingerprint density at radius 2 is 2.05 bits per heavy atom. The fraction of sp³-hybridized carbons (Fsp3) is 0.778. The first-order chi connectivity index (χ1) is 10.3. The molecule has 0 bridgehead atoms. The van der Waals surface area contributed by atoms with Crippen molar-refractivity contribution in [3.63, 3.8) is 0 Å². The number of rotatable bonds is 11. The highest BCUT2D eigenvalue weighted by Crippen LogP contribution is 2.13. The summed E-state index contributed by atoms with van der Waals surface area (Å²) >= 11 is 2.01. The Labute approximate surface area is 136 Å². The molecule has 3 heteroatoms. The van der Waals surface area contributed by atoms with Gasteiger partial charge in [-0.05, 0) is 49.6 Å². The minimum Gasteiger partial charge on any atom is -0.315 e. The number of nitrogens with zero attached hydrogens (tertiary/aromatic N) is 1. The van der Waals surface area contributed by atoms with E-state index in [1.54, 1.807) is 0 Å². The van der Waals surface area contributed by atoms with Crippen LogP contribution in [0.1, 0.15) is 40.0 Å². The monoisotopic (exact) mass is 310 g/mol. The van der Waals surface area contributed by atoms with Gasteiger partial charge in [0.1, 0.15) is 0 Å². The lowest BCUT2D eigenvalue weighted by molar-refractivity contribution is 0.370. The first-order valence-corrected chi connectivity index (χ1v) is 9.79. The molecule has 1 fully saturated rings. The second kappa shape index (κ2) is 12.3. The predicted molar refractivity (Wildman–Crippen MR) is 98.2 cm³/mol. The number of nitrogens with one attached hydrogen (secondary N) is 1. The molecular weight excluding hydrogens is 276 g/mol. The largest absolute Gasteiger partial charge is 0.315 e. The van der Waals surface area contributed by atoms with Gasteiger partial charge in [-0.25, -0.2) is 0 Å². The van der Waals surface area contributed by atoms with Crippen molar-refractivity contribution in [2.75, 3.05) is 44.2 Å². The summed E-state index contributed by atoms with van der Waals surface area (Å²) in [5, 5.41) is 3.57. The third-order valence-electron chi connectivity index (χ3n) is 3.76. The van der Waals surface area contributed by atoms with Crippen LogP contribution >= 0.6 is 11.8 Å². The lowest BCUT2D eigenvalue weighted by Gasteiger charge is -2.17. The second-order valence-corrected chi connectivity index (χ2v) is 7.31. The fourth-order valence-corrected chi connectivity index (χ4v) is 3.25. The van der Waals surface area contributed by atoms with Gasteiger partial charge in [0.2, 0.25) is 0 Å². The third-order valence-corrected chi connectivity index (χ3v) is 4.67. The van der Waals surface area contributed by atoms with Gasteiger partial charge in [-0.3, -0.25) is 4.90 Å². The number of hydrogen-bond donors (Lipinski definition) is 1. The van der Waals surface area contributed by atoms with Gasteiger partial charge in [0.25, 0.3) is 0 Å². The zero-order valence-corrected chi connectivity index (χ0v) is 15.1. The smallest absolute Gasteiger partial charge is 0.0230 e. The molecule has 1 unspecified atom stereocenters. The molecule has 1 rings (SSSR count). The van der Waals surface area contributed by atoms with Crippen LogP contribution in [0.4, 0.5) is 0 Å². The average Bonchev–Trinajstić information content (AvgIpc) is 2.97. The molecule has 1 aliphatic rings. The van der Waals surface area contributed by atoms with Crippen molar-refractivity contribution in [2.24, 2.45) is 5.92 Å². The van der Waals surface area contributed by atoms with Crippen molar-refractivity contribution in [1.82, 2.24) is 10.2 Å². The van der Waals surface area contributed by atoms with Gasteiger partial charge in [0, 0.05) is 25.4 Å². The van der Waals surface area contributed by atoms with Crippen molar-refractivity contribution in [3.05, 3.63) is 23.8 Å². The Balaban J connectivity index is 2.37. The van der Waals surface area contributed by atoms with E-state index in [1.165, 1.54) is 43.0 Å². The summed E-state index contributed by atoms with van der Waals surface area (Å²) in [6.07, 6.45) is 11.0. The standard InChI is InChI=1S/C18H34N2S/c1-4-6-9-18(16-20-11-7-8-12-20)14-17(3)15-19-10-13-21-5-2/h6,9,14,17,19H,4-5,7-8,10-13,15-16H2,1-3H3/b9-6-,18-14+. The Bertz CT molecular complexity index is 306. The van der Waals surface area contributed by atoms with E-state index in [-0.39, 0.29) is 0 Å². The van der Waals surface area contributed by atoms with Crippen LogP contribution in [0.5, 0.6) is 0 Å². The quantitative estimate of drug-likeness (QED) is 0.459. The number of hydrogen-bond acceptors (Lipinski definition) is 3. The molecule has 21 heavy (non-hydrogen) atoms. The highest BCUT2D eigenvalue weighted by molar-refractivity contribution is 7.99. The summed E-state index contributed by atoms with van der Waals surface area (Å²) in [6.45, 7) is 12.7. The molecule has 1 heterocycles. The minimum absolute atomic E-state index is 0.607. The van der Waals surface area contributed by atoms with Crippen LogP contribution in [0, 0.1) is 5.92 Å². The summed E-state index contributed by atoms with van der Waals surface area (Å²) in [5.41, 5.74) is 1.50. The van der Waals surface area contributed by atoms with Crippen LogP contribution in [0.15, 0.2) is 23.8 Å². The molecule has 0 aromatic carbocycles. The molecule has 1 atom stereocenters. The highest BCUT2D eigenvalue weighted by atomic mass is 32.2. The van der Waals surface area contributed by atoms with Crippen molar-refractivity contribution >= 4 is 11.8 Å². The maximum Gasteiger partial charge on any atom is 0.0230 e. The summed E-state index contributed by atoms with van der Waals surface area (Å²) in [6, 6.07) is 0. The van der Waals surface area contributed by atoms with Gasteiger partial charge in [-0.2, -0.15) is 11.8 Å². The zero-order chi connectivity index (χ0) is 15.3. The van der Waals surface area contributed by atoms with Crippen molar-refractivity contribution in [2.45, 2.75) is 40.0 Å². The normalized spacial score (nSPS) is 18.7. The molecule has 0 saturated carbocycles. The second-order valence-electron chi connectivity index (χ2n) is 5.91. The summed E-state index contributed by atoms with van der Waals surface area (Å²) in [4.78, 5) is 2.59. The molecule has 0 radical (unpaired) electrons. The van der Waals surface area contributed by atoms with Gasteiger partial charge in [0.05, 0.1) is 0 Å². The van der Waals surface area contributed by atoms with Crippen LogP contribution in [0.3, 0.4) is 0 Å². The average molecular weight is 311 g/mol. The van der Waals surface area contributed by atoms with Crippen molar-refractivity contribution in [1.29, 1.82) is 0 Å². The van der Waals surface area contributed by atoms with E-state index in [2.05, 4.69) is 49.2 Å². The van der Waals surface area contributed by atoms with E-state index in [0.29, 0.717) is 5.92 Å². The molecule has 0 amide bonds. The first kappa shape index (κ1) is 18.8. The fourth-order valence-electron chi connectivity index (χ4n) is 2.67. The Kier molecular flexibility index (Phi) is 11.0. The molecule has 2 nitrogen and oxygen atoms in total. The predicted octanol–water partition coefficient (Wildman–Crippen LogP) is 3.95. The van der Waals surface area contributed by atoms with Crippen LogP contribution in [0.2, 0.25) is 0 Å². The van der Waals surface area contributed by atoms with Crippen molar-refractivity contribution < 1.29 is 0 Å². The molecule has 0 aromatic heterocycles. The van der Waals surface area contributed by atoms with E-state index >= 15 is 0 Å². The Morgan fingerprint density at radius 3 is 2.71 bits per heavy atom. The maximum atomic E-state index is 3.57. The topological polar surface area (TPSA) is 15.3 Å². The molecule has 0 aliphatic carbocycles. The molecular formula is C18H34N2S. The summed E-state index contributed by atoms with van der Waals surface area (Å²) in [7, 11) is 0. The van der Waals surface area contributed by atoms with Crippen molar-refractivity contribution in [3.8, 4) is 0 Å². The lowest BCUT2D eigenvalue weighted by atomic mass is 10.1. The SMILES string of the molecule is CC/C=C\C(=C/C(C)CNCCSCC)CN1CCCC1. The van der Waals surface area contributed by atoms with Gasteiger partial charge in [-0.15, -0.1) is 0 Å². The van der Waals surface area contributed by atoms with E-state index in [9.17, 15) is 0 Å². The van der Waals surface area contributed by atoms with Gasteiger partial charge < -0.3 is 5.32 Å². The van der Waals surface area contributed by atoms with Gasteiger partial charge in [0.15, 0.2) is 0 Å². The zero-order valence-electron chi connectivity index (χ0n) is 14.2. The highest BCUT2D eigenvalue weighted by Gasteiger charge is 2.12. The van der Waals surface area contributed by atoms with E-state index in [4.69, 9.17) is 0 Å². The number of allylic oxidation sites excluding steroid dienone is 1. The van der Waals surface area contributed by atoms with Gasteiger partial charge in [-0.1, -0.05) is 39.0 Å². The molecule has 0 aromatic rings. The summed E-state index contributed by atoms with van der Waals surface area (Å²) in [5.74, 6) is 3.05.